The van der Waals surface area contributed by atoms with E-state index in [2.05, 4.69) is 4.72 Å². The Labute approximate surface area is 167 Å². The minimum Gasteiger partial charge on any atom is -0.339 e. The van der Waals surface area contributed by atoms with Gasteiger partial charge >= 0.3 is 0 Å². The van der Waals surface area contributed by atoms with Crippen molar-refractivity contribution in [2.45, 2.75) is 24.7 Å². The first kappa shape index (κ1) is 20.1. The zero-order chi connectivity index (χ0) is 20.5. The third-order valence-corrected chi connectivity index (χ3v) is 6.14. The Hall–Kier alpha value is -2.65. The maximum absolute atomic E-state index is 12.8. The quantitative estimate of drug-likeness (QED) is 0.583. The summed E-state index contributed by atoms with van der Waals surface area (Å²) in [5.41, 5.74) is 0.253. The number of anilines is 1. The number of rotatable bonds is 5. The monoisotopic (exact) mass is 423 g/mol. The standard InChI is InChI=1S/C18H18ClN3O5S/c1-12-4-6-14(11-17(12)22(24)25)28(26,27)20-16-10-13(19)5-7-15(16)18(23)21-8-2-3-9-21/h4-7,10-11,20H,2-3,8-9H2,1H3. The molecule has 0 unspecified atom stereocenters. The van der Waals surface area contributed by atoms with E-state index >= 15 is 0 Å². The highest BCUT2D eigenvalue weighted by Crippen LogP contribution is 2.28. The summed E-state index contributed by atoms with van der Waals surface area (Å²) in [6.45, 7) is 2.74. The lowest BCUT2D eigenvalue weighted by Gasteiger charge is -2.18. The number of hydrogen-bond acceptors (Lipinski definition) is 5. The van der Waals surface area contributed by atoms with Crippen LogP contribution in [-0.2, 0) is 10.0 Å². The maximum atomic E-state index is 12.8. The number of likely N-dealkylation sites (tertiary alicyclic amines) is 1. The van der Waals surface area contributed by atoms with Crippen LogP contribution in [0.3, 0.4) is 0 Å². The Morgan fingerprint density at radius 2 is 1.86 bits per heavy atom. The number of aryl methyl sites for hydroxylation is 1. The zero-order valence-electron chi connectivity index (χ0n) is 15.0. The fourth-order valence-corrected chi connectivity index (χ4v) is 4.30. The number of halogens is 1. The van der Waals surface area contributed by atoms with E-state index in [-0.39, 0.29) is 32.8 Å². The summed E-state index contributed by atoms with van der Waals surface area (Å²) in [6, 6.07) is 7.96. The highest BCUT2D eigenvalue weighted by Gasteiger charge is 2.25. The van der Waals surface area contributed by atoms with E-state index in [0.717, 1.165) is 18.9 Å². The molecular weight excluding hydrogens is 406 g/mol. The first-order valence-electron chi connectivity index (χ1n) is 8.56. The van der Waals surface area contributed by atoms with Gasteiger partial charge in [-0.3, -0.25) is 19.6 Å². The molecule has 0 aliphatic carbocycles. The van der Waals surface area contributed by atoms with Gasteiger partial charge in [0.2, 0.25) is 0 Å². The van der Waals surface area contributed by atoms with Gasteiger partial charge in [0.25, 0.3) is 21.6 Å². The van der Waals surface area contributed by atoms with Crippen LogP contribution in [0.15, 0.2) is 41.3 Å². The Bertz CT molecular complexity index is 1050. The summed E-state index contributed by atoms with van der Waals surface area (Å²) in [5.74, 6) is -0.290. The molecular formula is C18H18ClN3O5S. The molecule has 0 atom stereocenters. The number of carbonyl (C=O) groups is 1. The first-order chi connectivity index (χ1) is 13.2. The number of hydrogen-bond donors (Lipinski definition) is 1. The molecule has 0 saturated carbocycles. The molecule has 1 N–H and O–H groups in total. The van der Waals surface area contributed by atoms with Gasteiger partial charge in [0.15, 0.2) is 0 Å². The summed E-state index contributed by atoms with van der Waals surface area (Å²) >= 11 is 5.99. The van der Waals surface area contributed by atoms with Crippen LogP contribution in [0.25, 0.3) is 0 Å². The number of sulfonamides is 1. The van der Waals surface area contributed by atoms with Crippen LogP contribution in [-0.4, -0.2) is 37.2 Å². The second-order valence-electron chi connectivity index (χ2n) is 6.50. The molecule has 148 valence electrons. The van der Waals surface area contributed by atoms with Gasteiger partial charge in [-0.1, -0.05) is 17.7 Å². The molecule has 1 aliphatic rings. The molecule has 0 aromatic heterocycles. The van der Waals surface area contributed by atoms with Crippen LogP contribution < -0.4 is 4.72 Å². The van der Waals surface area contributed by atoms with E-state index in [1.54, 1.807) is 4.90 Å². The topological polar surface area (TPSA) is 110 Å². The number of amides is 1. The van der Waals surface area contributed by atoms with Crippen LogP contribution in [0.2, 0.25) is 5.02 Å². The molecule has 1 aliphatic heterocycles. The van der Waals surface area contributed by atoms with Gasteiger partial charge in [-0.25, -0.2) is 8.42 Å². The third-order valence-electron chi connectivity index (χ3n) is 4.54. The predicted octanol–water partition coefficient (Wildman–Crippen LogP) is 3.59. The van der Waals surface area contributed by atoms with Gasteiger partial charge in [-0.05, 0) is 44.0 Å². The zero-order valence-corrected chi connectivity index (χ0v) is 16.6. The summed E-state index contributed by atoms with van der Waals surface area (Å²) in [4.78, 5) is 24.6. The number of nitrogens with one attached hydrogen (secondary N) is 1. The van der Waals surface area contributed by atoms with Crippen molar-refractivity contribution in [3.8, 4) is 0 Å². The highest BCUT2D eigenvalue weighted by molar-refractivity contribution is 7.92. The van der Waals surface area contributed by atoms with Gasteiger partial charge in [0.05, 0.1) is 21.1 Å². The number of benzene rings is 2. The minimum atomic E-state index is -4.17. The molecule has 0 spiro atoms. The van der Waals surface area contributed by atoms with E-state index < -0.39 is 14.9 Å². The molecule has 10 heteroatoms. The summed E-state index contributed by atoms with van der Waals surface area (Å²) in [5, 5.41) is 11.4. The SMILES string of the molecule is Cc1ccc(S(=O)(=O)Nc2cc(Cl)ccc2C(=O)N2CCCC2)cc1[N+](=O)[O-]. The average Bonchev–Trinajstić information content (AvgIpc) is 3.15. The largest absolute Gasteiger partial charge is 0.339 e. The minimum absolute atomic E-state index is 0.0348. The van der Waals surface area contributed by atoms with E-state index in [1.807, 2.05) is 0 Å². The fraction of sp³-hybridized carbons (Fsp3) is 0.278. The molecule has 2 aromatic carbocycles. The van der Waals surface area contributed by atoms with E-state index in [4.69, 9.17) is 11.6 Å². The van der Waals surface area contributed by atoms with Crippen LogP contribution in [0.1, 0.15) is 28.8 Å². The molecule has 0 radical (unpaired) electrons. The van der Waals surface area contributed by atoms with Crippen molar-refractivity contribution in [2.24, 2.45) is 0 Å². The molecule has 1 amide bonds. The molecule has 0 bridgehead atoms. The van der Waals surface area contributed by atoms with Crippen molar-refractivity contribution in [3.05, 3.63) is 62.7 Å². The highest BCUT2D eigenvalue weighted by atomic mass is 35.5. The number of nitrogens with zero attached hydrogens (tertiary/aromatic N) is 2. The van der Waals surface area contributed by atoms with Gasteiger partial charge < -0.3 is 4.90 Å². The summed E-state index contributed by atoms with van der Waals surface area (Å²) in [7, 11) is -4.17. The van der Waals surface area contributed by atoms with Gasteiger partial charge in [-0.2, -0.15) is 0 Å². The van der Waals surface area contributed by atoms with Gasteiger partial charge in [0.1, 0.15) is 0 Å². The van der Waals surface area contributed by atoms with Gasteiger partial charge in [-0.15, -0.1) is 0 Å². The van der Waals surface area contributed by atoms with Crippen LogP contribution in [0.5, 0.6) is 0 Å². The first-order valence-corrected chi connectivity index (χ1v) is 10.4. The lowest BCUT2D eigenvalue weighted by atomic mass is 10.1. The third kappa shape index (κ3) is 4.10. The van der Waals surface area contributed by atoms with E-state index in [1.165, 1.54) is 37.3 Å². The molecule has 3 rings (SSSR count). The molecule has 1 fully saturated rings. The lowest BCUT2D eigenvalue weighted by Crippen LogP contribution is -2.28. The van der Waals surface area contributed by atoms with Crippen LogP contribution in [0.4, 0.5) is 11.4 Å². The predicted molar refractivity (Wildman–Crippen MR) is 105 cm³/mol. The van der Waals surface area contributed by atoms with Gasteiger partial charge in [0, 0.05) is 29.7 Å². The molecule has 1 saturated heterocycles. The maximum Gasteiger partial charge on any atom is 0.273 e. The van der Waals surface area contributed by atoms with E-state index in [0.29, 0.717) is 18.7 Å². The number of nitro groups is 1. The molecule has 2 aromatic rings. The molecule has 1 heterocycles. The lowest BCUT2D eigenvalue weighted by molar-refractivity contribution is -0.385. The second kappa shape index (κ2) is 7.76. The smallest absolute Gasteiger partial charge is 0.273 e. The number of carbonyl (C=O) groups excluding carboxylic acids is 1. The average molecular weight is 424 g/mol. The second-order valence-corrected chi connectivity index (χ2v) is 8.62. The summed E-state index contributed by atoms with van der Waals surface area (Å²) < 4.78 is 27.9. The van der Waals surface area contributed by atoms with Crippen LogP contribution in [0, 0.1) is 17.0 Å². The van der Waals surface area contributed by atoms with Crippen molar-refractivity contribution in [1.29, 1.82) is 0 Å². The van der Waals surface area contributed by atoms with Crippen LogP contribution >= 0.6 is 11.6 Å². The van der Waals surface area contributed by atoms with Crippen molar-refractivity contribution >= 4 is 38.9 Å². The summed E-state index contributed by atoms with van der Waals surface area (Å²) in [6.07, 6.45) is 1.79. The Morgan fingerprint density at radius 3 is 2.50 bits per heavy atom. The molecule has 28 heavy (non-hydrogen) atoms. The van der Waals surface area contributed by atoms with Crippen molar-refractivity contribution in [2.75, 3.05) is 17.8 Å². The molecule has 8 nitrogen and oxygen atoms in total. The van der Waals surface area contributed by atoms with E-state index in [9.17, 15) is 23.3 Å². The van der Waals surface area contributed by atoms with Crippen molar-refractivity contribution in [3.63, 3.8) is 0 Å². The van der Waals surface area contributed by atoms with Crippen molar-refractivity contribution in [1.82, 2.24) is 4.90 Å². The number of nitro benzene ring substituents is 1. The Balaban J connectivity index is 1.98. The van der Waals surface area contributed by atoms with Crippen molar-refractivity contribution < 1.29 is 18.1 Å². The normalized spacial score (nSPS) is 14.1. The Kier molecular flexibility index (Phi) is 5.57. The Morgan fingerprint density at radius 1 is 1.18 bits per heavy atom. The fourth-order valence-electron chi connectivity index (χ4n) is 3.03.